The number of hydrogen-bond donors (Lipinski definition) is 0. The van der Waals surface area contributed by atoms with Crippen molar-refractivity contribution in [2.75, 3.05) is 0 Å². The Balaban J connectivity index is 2.06. The minimum Gasteiger partial charge on any atom is -0.486 e. The van der Waals surface area contributed by atoms with Gasteiger partial charge in [-0.2, -0.15) is 0 Å². The summed E-state index contributed by atoms with van der Waals surface area (Å²) in [6.45, 7) is -4.97. The highest BCUT2D eigenvalue weighted by Crippen LogP contribution is 2.15. The van der Waals surface area contributed by atoms with Crippen LogP contribution in [-0.2, 0) is 6.61 Å². The van der Waals surface area contributed by atoms with E-state index in [1.54, 1.807) is 18.5 Å². The Bertz CT molecular complexity index is 519. The Labute approximate surface area is 102 Å². The lowest BCUT2D eigenvalue weighted by Gasteiger charge is -2.15. The molecule has 1 aromatic carbocycles. The van der Waals surface area contributed by atoms with Crippen molar-refractivity contribution in [3.05, 3.63) is 48.5 Å². The summed E-state index contributed by atoms with van der Waals surface area (Å²) in [7, 11) is 0. The zero-order chi connectivity index (χ0) is 13.0. The molecule has 0 bridgehead atoms. The number of benzene rings is 1. The fraction of sp³-hybridized carbons (Fsp3) is 0.0909. The maximum absolute atomic E-state index is 12.5. The lowest BCUT2D eigenvalue weighted by atomic mass is 9.80. The Morgan fingerprint density at radius 2 is 1.78 bits per heavy atom. The fourth-order valence-corrected chi connectivity index (χ4v) is 1.36. The number of aromatic nitrogens is 2. The number of halogens is 3. The van der Waals surface area contributed by atoms with Crippen LogP contribution >= 0.6 is 0 Å². The maximum Gasteiger partial charge on any atom is 0.509 e. The molecule has 0 unspecified atom stereocenters. The van der Waals surface area contributed by atoms with Gasteiger partial charge in [-0.1, -0.05) is 12.1 Å². The molecular formula is C11H9BF3N2O-. The molecule has 0 saturated heterocycles. The summed E-state index contributed by atoms with van der Waals surface area (Å²) in [6, 6.07) is 6.42. The molecule has 0 spiro atoms. The highest BCUT2D eigenvalue weighted by Gasteiger charge is 2.25. The topological polar surface area (TPSA) is 35.0 Å². The molecule has 3 nitrogen and oxygen atoms in total. The van der Waals surface area contributed by atoms with E-state index < -0.39 is 12.4 Å². The number of nitrogens with zero attached hydrogens (tertiary/aromatic N) is 2. The number of ether oxygens (including phenoxy) is 1. The third-order valence-electron chi connectivity index (χ3n) is 2.22. The Morgan fingerprint density at radius 3 is 2.44 bits per heavy atom. The van der Waals surface area contributed by atoms with Crippen LogP contribution in [0.15, 0.2) is 42.7 Å². The minimum atomic E-state index is -5.01. The normalized spacial score (nSPS) is 11.3. The van der Waals surface area contributed by atoms with E-state index in [1.807, 2.05) is 0 Å². The molecule has 0 aliphatic heterocycles. The Morgan fingerprint density at radius 1 is 1.06 bits per heavy atom. The first-order valence-corrected chi connectivity index (χ1v) is 5.24. The second kappa shape index (κ2) is 5.08. The average Bonchev–Trinajstić information content (AvgIpc) is 2.37. The van der Waals surface area contributed by atoms with Crippen molar-refractivity contribution in [2.45, 2.75) is 6.61 Å². The van der Waals surface area contributed by atoms with Gasteiger partial charge in [0.05, 0.1) is 0 Å². The highest BCUT2D eigenvalue weighted by atomic mass is 19.4. The Kier molecular flexibility index (Phi) is 3.50. The van der Waals surface area contributed by atoms with Gasteiger partial charge in [0, 0.05) is 12.4 Å². The van der Waals surface area contributed by atoms with E-state index >= 15 is 0 Å². The van der Waals surface area contributed by atoms with Crippen molar-refractivity contribution >= 4 is 12.4 Å². The van der Waals surface area contributed by atoms with Crippen molar-refractivity contribution in [1.29, 1.82) is 0 Å². The molecular weight excluding hydrogens is 244 g/mol. The van der Waals surface area contributed by atoms with Gasteiger partial charge in [-0.15, -0.1) is 5.46 Å². The van der Waals surface area contributed by atoms with Gasteiger partial charge < -0.3 is 17.7 Å². The van der Waals surface area contributed by atoms with Crippen LogP contribution in [0, 0.1) is 0 Å². The van der Waals surface area contributed by atoms with Crippen molar-refractivity contribution in [3.63, 3.8) is 0 Å². The van der Waals surface area contributed by atoms with E-state index in [4.69, 9.17) is 4.74 Å². The van der Waals surface area contributed by atoms with Gasteiger partial charge in [0.25, 0.3) is 0 Å². The maximum atomic E-state index is 12.5. The molecule has 7 heteroatoms. The second-order valence-corrected chi connectivity index (χ2v) is 3.60. The molecule has 18 heavy (non-hydrogen) atoms. The summed E-state index contributed by atoms with van der Waals surface area (Å²) < 4.78 is 42.8. The van der Waals surface area contributed by atoms with Crippen LogP contribution in [0.4, 0.5) is 12.9 Å². The van der Waals surface area contributed by atoms with E-state index in [0.717, 1.165) is 12.1 Å². The standard InChI is InChI=1S/C11H9BF3N2O/c13-12(14,15)9-3-1-4-10(7-9)18-8-11-16-5-2-6-17-11/h1-7H,8H2/q-1. The van der Waals surface area contributed by atoms with Crippen molar-refractivity contribution in [2.24, 2.45) is 0 Å². The van der Waals surface area contributed by atoms with Gasteiger partial charge in [0.15, 0.2) is 5.82 Å². The van der Waals surface area contributed by atoms with Gasteiger partial charge in [-0.05, 0) is 18.2 Å². The van der Waals surface area contributed by atoms with Crippen LogP contribution in [0.1, 0.15) is 5.82 Å². The smallest absolute Gasteiger partial charge is 0.486 e. The molecule has 2 aromatic rings. The largest absolute Gasteiger partial charge is 0.509 e. The SMILES string of the molecule is F[B-](F)(F)c1cccc(OCc2ncccn2)c1. The predicted molar refractivity (Wildman–Crippen MR) is 61.5 cm³/mol. The van der Waals surface area contributed by atoms with Crippen LogP contribution in [0.5, 0.6) is 5.75 Å². The van der Waals surface area contributed by atoms with Crippen molar-refractivity contribution in [1.82, 2.24) is 9.97 Å². The van der Waals surface area contributed by atoms with E-state index in [9.17, 15) is 12.9 Å². The van der Waals surface area contributed by atoms with Crippen LogP contribution in [0.3, 0.4) is 0 Å². The first kappa shape index (κ1) is 12.4. The molecule has 0 amide bonds. The van der Waals surface area contributed by atoms with E-state index in [2.05, 4.69) is 9.97 Å². The molecule has 0 radical (unpaired) electrons. The van der Waals surface area contributed by atoms with Crippen LogP contribution in [0.25, 0.3) is 0 Å². The zero-order valence-corrected chi connectivity index (χ0v) is 9.26. The third kappa shape index (κ3) is 3.22. The van der Waals surface area contributed by atoms with E-state index in [1.165, 1.54) is 12.1 Å². The van der Waals surface area contributed by atoms with Crippen molar-refractivity contribution < 1.29 is 17.7 Å². The molecule has 0 aliphatic rings. The molecule has 2 rings (SSSR count). The van der Waals surface area contributed by atoms with Gasteiger partial charge in [0.2, 0.25) is 0 Å². The van der Waals surface area contributed by atoms with Crippen LogP contribution in [-0.4, -0.2) is 16.9 Å². The van der Waals surface area contributed by atoms with E-state index in [-0.39, 0.29) is 12.4 Å². The molecule has 1 heterocycles. The summed E-state index contributed by atoms with van der Waals surface area (Å²) >= 11 is 0. The lowest BCUT2D eigenvalue weighted by molar-refractivity contribution is 0.296. The lowest BCUT2D eigenvalue weighted by Crippen LogP contribution is -2.33. The summed E-state index contributed by atoms with van der Waals surface area (Å²) in [4.78, 5) is 7.82. The van der Waals surface area contributed by atoms with Crippen molar-refractivity contribution in [3.8, 4) is 5.75 Å². The quantitative estimate of drug-likeness (QED) is 0.782. The Hall–Kier alpha value is -2.05. The van der Waals surface area contributed by atoms with Crippen LogP contribution < -0.4 is 10.2 Å². The zero-order valence-electron chi connectivity index (χ0n) is 9.26. The molecule has 0 saturated carbocycles. The molecule has 94 valence electrons. The van der Waals surface area contributed by atoms with Gasteiger partial charge >= 0.3 is 6.98 Å². The average molecular weight is 253 g/mol. The molecule has 0 aliphatic carbocycles. The fourth-order valence-electron chi connectivity index (χ4n) is 1.36. The van der Waals surface area contributed by atoms with Gasteiger partial charge in [-0.3, -0.25) is 0 Å². The molecule has 0 fully saturated rings. The highest BCUT2D eigenvalue weighted by molar-refractivity contribution is 6.73. The third-order valence-corrected chi connectivity index (χ3v) is 2.22. The first-order valence-electron chi connectivity index (χ1n) is 5.24. The molecule has 0 N–H and O–H groups in total. The predicted octanol–water partition coefficient (Wildman–Crippen LogP) is 2.11. The second-order valence-electron chi connectivity index (χ2n) is 3.60. The first-order chi connectivity index (χ1) is 8.55. The van der Waals surface area contributed by atoms with E-state index in [0.29, 0.717) is 5.82 Å². The summed E-state index contributed by atoms with van der Waals surface area (Å²) in [5, 5.41) is 0. The van der Waals surface area contributed by atoms with Gasteiger partial charge in [-0.25, -0.2) is 9.97 Å². The summed E-state index contributed by atoms with van der Waals surface area (Å²) in [5.74, 6) is 0.569. The molecule has 1 aromatic heterocycles. The molecule has 0 atom stereocenters. The summed E-state index contributed by atoms with van der Waals surface area (Å²) in [5.41, 5.74) is -0.679. The minimum absolute atomic E-state index is 0.0369. The van der Waals surface area contributed by atoms with Gasteiger partial charge in [0.1, 0.15) is 12.4 Å². The summed E-state index contributed by atoms with van der Waals surface area (Å²) in [6.07, 6.45) is 3.09. The number of rotatable bonds is 4. The monoisotopic (exact) mass is 253 g/mol. The van der Waals surface area contributed by atoms with Crippen LogP contribution in [0.2, 0.25) is 0 Å². The number of hydrogen-bond acceptors (Lipinski definition) is 3.